The molecule has 1 aliphatic carbocycles. The van der Waals surface area contributed by atoms with Crippen LogP contribution in [0.4, 0.5) is 17.1 Å². The van der Waals surface area contributed by atoms with Crippen molar-refractivity contribution in [3.63, 3.8) is 0 Å². The number of nitrogens with two attached hydrogens (primary N) is 1. The zero-order valence-corrected chi connectivity index (χ0v) is 18.7. The first-order valence-corrected chi connectivity index (χ1v) is 10.8. The van der Waals surface area contributed by atoms with E-state index in [0.717, 1.165) is 47.9 Å². The number of fused-ring (bicyclic) bond motifs is 1. The lowest BCUT2D eigenvalue weighted by molar-refractivity contribution is 0.797. The van der Waals surface area contributed by atoms with Gasteiger partial charge < -0.3 is 21.7 Å². The van der Waals surface area contributed by atoms with Gasteiger partial charge in [0.1, 0.15) is 0 Å². The minimum atomic E-state index is 0.708. The van der Waals surface area contributed by atoms with E-state index in [0.29, 0.717) is 5.69 Å². The lowest BCUT2D eigenvalue weighted by Gasteiger charge is -2.13. The number of nitrogen functional groups attached to an aromatic ring is 1. The second-order valence-electron chi connectivity index (χ2n) is 7.70. The summed E-state index contributed by atoms with van der Waals surface area (Å²) in [5, 5.41) is 10.0. The Bertz CT molecular complexity index is 1100. The van der Waals surface area contributed by atoms with Gasteiger partial charge in [-0.2, -0.15) is 0 Å². The van der Waals surface area contributed by atoms with Crippen LogP contribution in [0, 0.1) is 0 Å². The number of anilines is 3. The third-order valence-corrected chi connectivity index (χ3v) is 5.30. The van der Waals surface area contributed by atoms with Crippen LogP contribution in [0.3, 0.4) is 0 Å². The molecule has 2 aromatic carbocycles. The predicted octanol–water partition coefficient (Wildman–Crippen LogP) is 6.39. The highest BCUT2D eigenvalue weighted by Gasteiger charge is 2.16. The van der Waals surface area contributed by atoms with Crippen LogP contribution in [0.15, 0.2) is 109 Å². The highest BCUT2D eigenvalue weighted by atomic mass is 15.1. The number of allylic oxidation sites excluding steroid dienone is 5. The summed E-state index contributed by atoms with van der Waals surface area (Å²) in [5.41, 5.74) is 14.3. The normalized spacial score (nSPS) is 12.8. The Labute approximate surface area is 191 Å². The molecule has 0 atom stereocenters. The molecular formula is C28H32N4. The first-order chi connectivity index (χ1) is 15.5. The smallest absolute Gasteiger partial charge is 0.0957 e. The van der Waals surface area contributed by atoms with E-state index in [4.69, 9.17) is 5.73 Å². The Kier molecular flexibility index (Phi) is 7.76. The maximum absolute atomic E-state index is 6.04. The minimum Gasteiger partial charge on any atom is -0.397 e. The molecule has 164 valence electrons. The molecule has 0 radical (unpaired) electrons. The van der Waals surface area contributed by atoms with Crippen molar-refractivity contribution in [2.45, 2.75) is 19.8 Å². The van der Waals surface area contributed by atoms with Crippen molar-refractivity contribution >= 4 is 23.1 Å². The Morgan fingerprint density at radius 1 is 1.12 bits per heavy atom. The van der Waals surface area contributed by atoms with Gasteiger partial charge in [0.15, 0.2) is 0 Å². The molecule has 0 aliphatic heterocycles. The van der Waals surface area contributed by atoms with Crippen molar-refractivity contribution in [3.8, 4) is 0 Å². The first kappa shape index (κ1) is 22.8. The third kappa shape index (κ3) is 6.05. The van der Waals surface area contributed by atoms with Gasteiger partial charge >= 0.3 is 0 Å². The Balaban J connectivity index is 1.57. The molecule has 0 unspecified atom stereocenters. The molecule has 4 heteroatoms. The molecule has 32 heavy (non-hydrogen) atoms. The summed E-state index contributed by atoms with van der Waals surface area (Å²) in [5.74, 6) is 0.771. The third-order valence-electron chi connectivity index (χ3n) is 5.30. The van der Waals surface area contributed by atoms with E-state index in [9.17, 15) is 0 Å². The van der Waals surface area contributed by atoms with E-state index < -0.39 is 0 Å². The maximum atomic E-state index is 6.04. The number of benzene rings is 2. The fraction of sp³-hybridized carbons (Fsp3) is 0.143. The van der Waals surface area contributed by atoms with Gasteiger partial charge in [-0.05, 0) is 66.0 Å². The van der Waals surface area contributed by atoms with Gasteiger partial charge in [0.2, 0.25) is 0 Å². The standard InChI is InChI=1S/C28H32N4/c1-5-7-10-22(6-2)15-16-30-21(4)32-26-14-13-23-17-24(18-25(23)19-26)20(3)31-28-12-9-8-11-27(28)29/h5-14,18-19,30-32H,2-4,15-17,29H2,1H3/b7-5-,22-10+. The van der Waals surface area contributed by atoms with Crippen molar-refractivity contribution in [2.24, 2.45) is 0 Å². The van der Waals surface area contributed by atoms with E-state index >= 15 is 0 Å². The van der Waals surface area contributed by atoms with Gasteiger partial charge in [-0.15, -0.1) is 0 Å². The molecule has 0 aromatic heterocycles. The average Bonchev–Trinajstić information content (AvgIpc) is 3.21. The van der Waals surface area contributed by atoms with Crippen LogP contribution >= 0.6 is 0 Å². The van der Waals surface area contributed by atoms with Gasteiger partial charge in [-0.1, -0.05) is 62.2 Å². The van der Waals surface area contributed by atoms with Gasteiger partial charge in [0, 0.05) is 24.4 Å². The summed E-state index contributed by atoms with van der Waals surface area (Å²) in [6.07, 6.45) is 11.9. The van der Waals surface area contributed by atoms with Crippen LogP contribution in [0.1, 0.15) is 24.5 Å². The Morgan fingerprint density at radius 2 is 1.94 bits per heavy atom. The van der Waals surface area contributed by atoms with Crippen molar-refractivity contribution in [1.82, 2.24) is 5.32 Å². The van der Waals surface area contributed by atoms with Gasteiger partial charge in [-0.25, -0.2) is 0 Å². The monoisotopic (exact) mass is 424 g/mol. The summed E-state index contributed by atoms with van der Waals surface area (Å²) in [6, 6.07) is 14.1. The molecule has 2 aromatic rings. The summed E-state index contributed by atoms with van der Waals surface area (Å²) < 4.78 is 0. The topological polar surface area (TPSA) is 62.1 Å². The lowest BCUT2D eigenvalue weighted by atomic mass is 10.1. The van der Waals surface area contributed by atoms with Crippen molar-refractivity contribution in [2.75, 3.05) is 22.9 Å². The maximum Gasteiger partial charge on any atom is 0.0957 e. The number of nitrogens with one attached hydrogen (secondary N) is 3. The second kappa shape index (κ2) is 10.9. The molecule has 0 saturated carbocycles. The summed E-state index contributed by atoms with van der Waals surface area (Å²) in [7, 11) is 0. The van der Waals surface area contributed by atoms with Crippen molar-refractivity contribution in [3.05, 3.63) is 120 Å². The average molecular weight is 425 g/mol. The van der Waals surface area contributed by atoms with Crippen LogP contribution < -0.4 is 21.7 Å². The molecule has 1 aliphatic rings. The zero-order valence-electron chi connectivity index (χ0n) is 18.7. The predicted molar refractivity (Wildman–Crippen MR) is 140 cm³/mol. The fourth-order valence-electron chi connectivity index (χ4n) is 3.51. The number of para-hydroxylation sites is 2. The SMILES string of the molecule is C=C/C(=C\C=C/C)CCNC(=C)Nc1ccc2c(c1)C=C(C(=C)Nc1ccccc1N)C2. The van der Waals surface area contributed by atoms with E-state index in [-0.39, 0.29) is 0 Å². The highest BCUT2D eigenvalue weighted by molar-refractivity contribution is 5.75. The molecule has 3 rings (SSSR count). The van der Waals surface area contributed by atoms with Crippen LogP contribution in [0.2, 0.25) is 0 Å². The molecule has 0 bridgehead atoms. The lowest BCUT2D eigenvalue weighted by Crippen LogP contribution is -2.20. The molecule has 4 nitrogen and oxygen atoms in total. The van der Waals surface area contributed by atoms with Crippen molar-refractivity contribution in [1.29, 1.82) is 0 Å². The van der Waals surface area contributed by atoms with E-state index in [1.165, 1.54) is 16.7 Å². The van der Waals surface area contributed by atoms with Crippen LogP contribution in [0.25, 0.3) is 6.08 Å². The molecule has 0 spiro atoms. The highest BCUT2D eigenvalue weighted by Crippen LogP contribution is 2.32. The number of rotatable bonds is 11. The number of hydrogen-bond donors (Lipinski definition) is 4. The van der Waals surface area contributed by atoms with E-state index in [1.54, 1.807) is 0 Å². The van der Waals surface area contributed by atoms with E-state index in [2.05, 4.69) is 66.0 Å². The molecule has 0 amide bonds. The van der Waals surface area contributed by atoms with Gasteiger partial charge in [0.25, 0.3) is 0 Å². The summed E-state index contributed by atoms with van der Waals surface area (Å²) in [6.45, 7) is 15.0. The van der Waals surface area contributed by atoms with Gasteiger partial charge in [-0.3, -0.25) is 0 Å². The second-order valence-corrected chi connectivity index (χ2v) is 7.70. The largest absolute Gasteiger partial charge is 0.397 e. The van der Waals surface area contributed by atoms with Crippen LogP contribution in [-0.4, -0.2) is 6.54 Å². The molecule has 0 saturated heterocycles. The molecule has 5 N–H and O–H groups in total. The van der Waals surface area contributed by atoms with Crippen molar-refractivity contribution < 1.29 is 0 Å². The van der Waals surface area contributed by atoms with Crippen LogP contribution in [0.5, 0.6) is 0 Å². The Hall–Kier alpha value is -3.92. The van der Waals surface area contributed by atoms with E-state index in [1.807, 2.05) is 49.4 Å². The summed E-state index contributed by atoms with van der Waals surface area (Å²) in [4.78, 5) is 0. The quantitative estimate of drug-likeness (QED) is 0.249. The number of hydrogen-bond acceptors (Lipinski definition) is 4. The molecule has 0 fully saturated rings. The molecule has 0 heterocycles. The van der Waals surface area contributed by atoms with Gasteiger partial charge in [0.05, 0.1) is 17.2 Å². The first-order valence-electron chi connectivity index (χ1n) is 10.8. The molecular weight excluding hydrogens is 392 g/mol. The minimum absolute atomic E-state index is 0.708. The summed E-state index contributed by atoms with van der Waals surface area (Å²) >= 11 is 0. The van der Waals surface area contributed by atoms with Crippen LogP contribution in [-0.2, 0) is 6.42 Å². The zero-order chi connectivity index (χ0) is 22.9. The Morgan fingerprint density at radius 3 is 2.69 bits per heavy atom. The fourth-order valence-corrected chi connectivity index (χ4v) is 3.51.